The Bertz CT molecular complexity index is 325. The largest absolute Gasteiger partial charge is 1.00 e. The number of rotatable bonds is 9. The van der Waals surface area contributed by atoms with Crippen molar-refractivity contribution in [2.24, 2.45) is 0 Å². The number of hydrogen-bond acceptors (Lipinski definition) is 2. The fraction of sp³-hybridized carbons (Fsp3) is 0.562. The van der Waals surface area contributed by atoms with Crippen LogP contribution in [0.3, 0.4) is 0 Å². The summed E-state index contributed by atoms with van der Waals surface area (Å²) in [7, 11) is 0. The SMILES string of the molecule is CCCCCCCCCC(=O)Oc1ccccc1.[Na+]. The molecular formula is C16H24NaO2+. The van der Waals surface area contributed by atoms with Gasteiger partial charge < -0.3 is 4.74 Å². The molecule has 0 aromatic heterocycles. The Morgan fingerprint density at radius 1 is 0.947 bits per heavy atom. The number of carbonyl (C=O) groups excluding carboxylic acids is 1. The van der Waals surface area contributed by atoms with Crippen molar-refractivity contribution in [1.82, 2.24) is 0 Å². The maximum atomic E-state index is 11.5. The summed E-state index contributed by atoms with van der Waals surface area (Å²) in [6.45, 7) is 2.22. The van der Waals surface area contributed by atoms with Crippen LogP contribution in [0.4, 0.5) is 0 Å². The first kappa shape index (κ1) is 18.7. The van der Waals surface area contributed by atoms with Crippen molar-refractivity contribution >= 4 is 5.97 Å². The summed E-state index contributed by atoms with van der Waals surface area (Å²) in [6, 6.07) is 9.27. The second-order valence-corrected chi connectivity index (χ2v) is 4.66. The first-order chi connectivity index (χ1) is 8.83. The minimum atomic E-state index is -0.116. The first-order valence-electron chi connectivity index (χ1n) is 7.08. The van der Waals surface area contributed by atoms with Crippen molar-refractivity contribution in [2.75, 3.05) is 0 Å². The standard InChI is InChI=1S/C16H24O2.Na/c1-2-3-4-5-6-7-11-14-16(17)18-15-12-9-8-10-13-15;/h8-10,12-13H,2-7,11,14H2,1H3;/q;+1. The van der Waals surface area contributed by atoms with Gasteiger partial charge in [0.15, 0.2) is 0 Å². The van der Waals surface area contributed by atoms with Crippen LogP contribution in [-0.2, 0) is 4.79 Å². The molecule has 0 unspecified atom stereocenters. The van der Waals surface area contributed by atoms with Crippen molar-refractivity contribution in [1.29, 1.82) is 0 Å². The summed E-state index contributed by atoms with van der Waals surface area (Å²) in [5.74, 6) is 0.528. The van der Waals surface area contributed by atoms with Gasteiger partial charge in [-0.05, 0) is 18.6 Å². The molecule has 0 fully saturated rings. The van der Waals surface area contributed by atoms with Crippen molar-refractivity contribution in [3.05, 3.63) is 30.3 Å². The molecule has 0 saturated heterocycles. The van der Waals surface area contributed by atoms with E-state index < -0.39 is 0 Å². The Morgan fingerprint density at radius 2 is 1.53 bits per heavy atom. The number of carbonyl (C=O) groups is 1. The summed E-state index contributed by atoms with van der Waals surface area (Å²) in [6.07, 6.45) is 9.07. The van der Waals surface area contributed by atoms with Crippen LogP contribution in [0.2, 0.25) is 0 Å². The third-order valence-corrected chi connectivity index (χ3v) is 2.96. The van der Waals surface area contributed by atoms with E-state index in [1.54, 1.807) is 0 Å². The minimum Gasteiger partial charge on any atom is -0.427 e. The molecule has 0 aliphatic carbocycles. The molecule has 0 amide bonds. The summed E-state index contributed by atoms with van der Waals surface area (Å²) in [5.41, 5.74) is 0. The Morgan fingerprint density at radius 3 is 2.16 bits per heavy atom. The van der Waals surface area contributed by atoms with E-state index in [-0.39, 0.29) is 35.5 Å². The van der Waals surface area contributed by atoms with Gasteiger partial charge in [0.05, 0.1) is 0 Å². The molecule has 0 bridgehead atoms. The molecule has 0 N–H and O–H groups in total. The normalized spacial score (nSPS) is 9.74. The monoisotopic (exact) mass is 271 g/mol. The van der Waals surface area contributed by atoms with Gasteiger partial charge in [0.25, 0.3) is 0 Å². The zero-order valence-corrected chi connectivity index (χ0v) is 14.4. The summed E-state index contributed by atoms with van der Waals surface area (Å²) in [4.78, 5) is 11.5. The van der Waals surface area contributed by atoms with E-state index in [4.69, 9.17) is 4.74 Å². The maximum absolute atomic E-state index is 11.5. The van der Waals surface area contributed by atoms with Crippen LogP contribution >= 0.6 is 0 Å². The molecule has 0 radical (unpaired) electrons. The predicted molar refractivity (Wildman–Crippen MR) is 74.7 cm³/mol. The maximum Gasteiger partial charge on any atom is 1.00 e. The molecule has 2 nitrogen and oxygen atoms in total. The van der Waals surface area contributed by atoms with Crippen LogP contribution in [0, 0.1) is 0 Å². The average Bonchev–Trinajstić information content (AvgIpc) is 2.39. The van der Waals surface area contributed by atoms with E-state index in [0.717, 1.165) is 12.8 Å². The van der Waals surface area contributed by atoms with Gasteiger partial charge in [0.1, 0.15) is 5.75 Å². The van der Waals surface area contributed by atoms with E-state index in [0.29, 0.717) is 12.2 Å². The van der Waals surface area contributed by atoms with E-state index in [1.165, 1.54) is 32.1 Å². The van der Waals surface area contributed by atoms with Crippen LogP contribution in [0.5, 0.6) is 5.75 Å². The second kappa shape index (κ2) is 12.7. The van der Waals surface area contributed by atoms with Gasteiger partial charge in [-0.15, -0.1) is 0 Å². The van der Waals surface area contributed by atoms with Crippen LogP contribution in [0.1, 0.15) is 58.3 Å². The van der Waals surface area contributed by atoms with Crippen LogP contribution < -0.4 is 34.3 Å². The molecule has 0 atom stereocenters. The smallest absolute Gasteiger partial charge is 0.427 e. The van der Waals surface area contributed by atoms with Gasteiger partial charge in [-0.2, -0.15) is 0 Å². The number of hydrogen-bond donors (Lipinski definition) is 0. The number of esters is 1. The fourth-order valence-electron chi connectivity index (χ4n) is 1.90. The number of unbranched alkanes of at least 4 members (excludes halogenated alkanes) is 6. The average molecular weight is 271 g/mol. The zero-order chi connectivity index (χ0) is 13.1. The molecule has 1 rings (SSSR count). The Kier molecular flexibility index (Phi) is 12.5. The third-order valence-electron chi connectivity index (χ3n) is 2.96. The molecule has 0 spiro atoms. The van der Waals surface area contributed by atoms with Gasteiger partial charge in [-0.3, -0.25) is 4.79 Å². The van der Waals surface area contributed by atoms with E-state index in [2.05, 4.69) is 6.92 Å². The molecule has 19 heavy (non-hydrogen) atoms. The van der Waals surface area contributed by atoms with Gasteiger partial charge in [-0.1, -0.05) is 63.6 Å². The van der Waals surface area contributed by atoms with Gasteiger partial charge >= 0.3 is 35.5 Å². The molecule has 1 aromatic carbocycles. The molecule has 0 saturated carbocycles. The Balaban J connectivity index is 0.00000324. The molecule has 0 heterocycles. The molecule has 1 aromatic rings. The second-order valence-electron chi connectivity index (χ2n) is 4.66. The van der Waals surface area contributed by atoms with Gasteiger partial charge in [0, 0.05) is 6.42 Å². The summed E-state index contributed by atoms with van der Waals surface area (Å²) >= 11 is 0. The first-order valence-corrected chi connectivity index (χ1v) is 7.08. The quantitative estimate of drug-likeness (QED) is 0.296. The number of ether oxygens (including phenoxy) is 1. The number of benzene rings is 1. The minimum absolute atomic E-state index is 0. The number of para-hydroxylation sites is 1. The van der Waals surface area contributed by atoms with Crippen molar-refractivity contribution < 1.29 is 39.1 Å². The Hall–Kier alpha value is -0.310. The molecule has 0 aliphatic heterocycles. The van der Waals surface area contributed by atoms with Crippen LogP contribution in [-0.4, -0.2) is 5.97 Å². The van der Waals surface area contributed by atoms with E-state index in [9.17, 15) is 4.79 Å². The molecular weight excluding hydrogens is 247 g/mol. The fourth-order valence-corrected chi connectivity index (χ4v) is 1.90. The van der Waals surface area contributed by atoms with Gasteiger partial charge in [0.2, 0.25) is 0 Å². The molecule has 3 heteroatoms. The van der Waals surface area contributed by atoms with Crippen LogP contribution in [0.15, 0.2) is 30.3 Å². The van der Waals surface area contributed by atoms with Crippen molar-refractivity contribution in [2.45, 2.75) is 58.3 Å². The van der Waals surface area contributed by atoms with E-state index in [1.807, 2.05) is 30.3 Å². The van der Waals surface area contributed by atoms with E-state index >= 15 is 0 Å². The van der Waals surface area contributed by atoms with Gasteiger partial charge in [-0.25, -0.2) is 0 Å². The summed E-state index contributed by atoms with van der Waals surface area (Å²) < 4.78 is 5.22. The third kappa shape index (κ3) is 10.2. The van der Waals surface area contributed by atoms with Crippen LogP contribution in [0.25, 0.3) is 0 Å². The van der Waals surface area contributed by atoms with Crippen molar-refractivity contribution in [3.8, 4) is 5.75 Å². The Labute approximate surface area is 139 Å². The van der Waals surface area contributed by atoms with Crippen molar-refractivity contribution in [3.63, 3.8) is 0 Å². The topological polar surface area (TPSA) is 26.3 Å². The summed E-state index contributed by atoms with van der Waals surface area (Å²) in [5, 5.41) is 0. The zero-order valence-electron chi connectivity index (χ0n) is 12.4. The molecule has 100 valence electrons. The molecule has 0 aliphatic rings. The predicted octanol–water partition coefficient (Wildman–Crippen LogP) is 1.74.